The number of hydrogen-bond acceptors (Lipinski definition) is 4. The second-order valence-corrected chi connectivity index (χ2v) is 5.53. The summed E-state index contributed by atoms with van der Waals surface area (Å²) in [6, 6.07) is 5.33. The zero-order valence-electron chi connectivity index (χ0n) is 10.8. The Bertz CT molecular complexity index is 410. The molecule has 0 aliphatic carbocycles. The van der Waals surface area contributed by atoms with Crippen molar-refractivity contribution in [2.45, 2.75) is 26.3 Å². The van der Waals surface area contributed by atoms with E-state index in [-0.39, 0.29) is 5.56 Å². The lowest BCUT2D eigenvalue weighted by molar-refractivity contribution is 0.0698. The van der Waals surface area contributed by atoms with E-state index in [4.69, 9.17) is 10.8 Å². The van der Waals surface area contributed by atoms with Gasteiger partial charge in [-0.05, 0) is 43.0 Å². The molecule has 1 rings (SSSR count). The Balaban J connectivity index is 2.62. The normalized spacial score (nSPS) is 12.1. The van der Waals surface area contributed by atoms with Gasteiger partial charge in [0.2, 0.25) is 0 Å². The van der Waals surface area contributed by atoms with E-state index in [0.29, 0.717) is 11.7 Å². The first kappa shape index (κ1) is 14.7. The summed E-state index contributed by atoms with van der Waals surface area (Å²) in [5.74, 6) is 1.23. The van der Waals surface area contributed by atoms with Gasteiger partial charge in [0.15, 0.2) is 0 Å². The molecule has 4 nitrogen and oxygen atoms in total. The summed E-state index contributed by atoms with van der Waals surface area (Å²) in [7, 11) is 0. The fourth-order valence-corrected chi connectivity index (χ4v) is 2.40. The van der Waals surface area contributed by atoms with Gasteiger partial charge in [0.25, 0.3) is 0 Å². The number of hydrogen-bond donors (Lipinski definition) is 3. The minimum atomic E-state index is -0.995. The first-order valence-corrected chi connectivity index (χ1v) is 7.17. The highest BCUT2D eigenvalue weighted by Gasteiger charge is 2.09. The molecule has 0 radical (unpaired) electrons. The van der Waals surface area contributed by atoms with Crippen molar-refractivity contribution < 1.29 is 9.90 Å². The number of nitrogens with one attached hydrogen (secondary N) is 1. The molecule has 0 bridgehead atoms. The zero-order chi connectivity index (χ0) is 13.5. The molecule has 0 aliphatic heterocycles. The molecule has 0 saturated carbocycles. The van der Waals surface area contributed by atoms with Crippen LogP contribution in [0.4, 0.5) is 11.4 Å². The molecule has 1 atom stereocenters. The summed E-state index contributed by atoms with van der Waals surface area (Å²) in [5.41, 5.74) is 6.85. The van der Waals surface area contributed by atoms with Crippen LogP contribution in [0.1, 0.15) is 30.6 Å². The third-order valence-corrected chi connectivity index (χ3v) is 3.53. The number of carbonyl (C=O) groups is 1. The van der Waals surface area contributed by atoms with Crippen molar-refractivity contribution in [1.82, 2.24) is 0 Å². The van der Waals surface area contributed by atoms with Gasteiger partial charge in [-0.15, -0.1) is 0 Å². The van der Waals surface area contributed by atoms with Crippen LogP contribution >= 0.6 is 11.8 Å². The topological polar surface area (TPSA) is 75.3 Å². The van der Waals surface area contributed by atoms with Gasteiger partial charge < -0.3 is 16.2 Å². The molecule has 1 aromatic rings. The molecule has 1 unspecified atom stereocenters. The number of nitrogens with two attached hydrogens (primary N) is 1. The molecule has 100 valence electrons. The largest absolute Gasteiger partial charge is 0.478 e. The van der Waals surface area contributed by atoms with Crippen molar-refractivity contribution in [2.24, 2.45) is 0 Å². The summed E-state index contributed by atoms with van der Waals surface area (Å²) >= 11 is 1.90. The third kappa shape index (κ3) is 4.49. The van der Waals surface area contributed by atoms with Crippen molar-refractivity contribution in [3.05, 3.63) is 23.8 Å². The lowest BCUT2D eigenvalue weighted by Gasteiger charge is -2.15. The van der Waals surface area contributed by atoms with Gasteiger partial charge in [-0.1, -0.05) is 6.92 Å². The van der Waals surface area contributed by atoms with Gasteiger partial charge in [-0.2, -0.15) is 11.8 Å². The summed E-state index contributed by atoms with van der Waals surface area (Å²) in [6.45, 7) is 4.23. The molecule has 0 amide bonds. The standard InChI is InChI=1S/C13H20N2O2S/c1-3-18-7-6-9(2)15-10-4-5-12(14)11(8-10)13(16)17/h4-5,8-9,15H,3,6-7,14H2,1-2H3,(H,16,17). The minimum absolute atomic E-state index is 0.148. The molecule has 0 saturated heterocycles. The van der Waals surface area contributed by atoms with Crippen LogP contribution in [0.3, 0.4) is 0 Å². The molecule has 1 aromatic carbocycles. The van der Waals surface area contributed by atoms with Crippen LogP contribution in [0.15, 0.2) is 18.2 Å². The van der Waals surface area contributed by atoms with Gasteiger partial charge in [0, 0.05) is 17.4 Å². The molecule has 5 heteroatoms. The van der Waals surface area contributed by atoms with Crippen LogP contribution in [0.5, 0.6) is 0 Å². The lowest BCUT2D eigenvalue weighted by atomic mass is 10.1. The molecule has 0 heterocycles. The molecule has 18 heavy (non-hydrogen) atoms. The van der Waals surface area contributed by atoms with Crippen LogP contribution in [-0.2, 0) is 0 Å². The average Bonchev–Trinajstić information content (AvgIpc) is 2.31. The molecular formula is C13H20N2O2S. The number of rotatable bonds is 7. The smallest absolute Gasteiger partial charge is 0.337 e. The number of benzene rings is 1. The third-order valence-electron chi connectivity index (χ3n) is 2.60. The van der Waals surface area contributed by atoms with E-state index in [2.05, 4.69) is 19.2 Å². The van der Waals surface area contributed by atoms with Crippen molar-refractivity contribution in [1.29, 1.82) is 0 Å². The van der Waals surface area contributed by atoms with E-state index in [1.165, 1.54) is 0 Å². The molecule has 0 spiro atoms. The lowest BCUT2D eigenvalue weighted by Crippen LogP contribution is -2.16. The summed E-state index contributed by atoms with van der Waals surface area (Å²) < 4.78 is 0. The number of carboxylic acids is 1. The molecule has 0 fully saturated rings. The van der Waals surface area contributed by atoms with Crippen LogP contribution < -0.4 is 11.1 Å². The Hall–Kier alpha value is -1.36. The molecular weight excluding hydrogens is 248 g/mol. The number of thioether (sulfide) groups is 1. The predicted octanol–water partition coefficient (Wildman–Crippen LogP) is 2.91. The van der Waals surface area contributed by atoms with E-state index >= 15 is 0 Å². The van der Waals surface area contributed by atoms with Gasteiger partial charge in [0.05, 0.1) is 5.56 Å². The number of nitrogen functional groups attached to an aromatic ring is 1. The Kier molecular flexibility index (Phi) is 5.85. The monoisotopic (exact) mass is 268 g/mol. The Morgan fingerprint density at radius 3 is 2.89 bits per heavy atom. The highest BCUT2D eigenvalue weighted by Crippen LogP contribution is 2.19. The Labute approximate surface area is 112 Å². The number of aromatic carboxylic acids is 1. The minimum Gasteiger partial charge on any atom is -0.478 e. The van der Waals surface area contributed by atoms with Gasteiger partial charge in [-0.3, -0.25) is 0 Å². The van der Waals surface area contributed by atoms with Gasteiger partial charge >= 0.3 is 5.97 Å². The number of carboxylic acid groups (broad SMARTS) is 1. The SMILES string of the molecule is CCSCCC(C)Nc1ccc(N)c(C(=O)O)c1. The quantitative estimate of drug-likeness (QED) is 0.523. The highest BCUT2D eigenvalue weighted by molar-refractivity contribution is 7.99. The summed E-state index contributed by atoms with van der Waals surface area (Å²) in [4.78, 5) is 11.0. The van der Waals surface area contributed by atoms with Crippen molar-refractivity contribution in [3.63, 3.8) is 0 Å². The van der Waals surface area contributed by atoms with E-state index in [0.717, 1.165) is 23.6 Å². The van der Waals surface area contributed by atoms with E-state index < -0.39 is 5.97 Å². The van der Waals surface area contributed by atoms with E-state index in [1.54, 1.807) is 12.1 Å². The van der Waals surface area contributed by atoms with Crippen LogP contribution in [0.2, 0.25) is 0 Å². The predicted molar refractivity (Wildman–Crippen MR) is 78.5 cm³/mol. The van der Waals surface area contributed by atoms with Crippen LogP contribution in [0, 0.1) is 0 Å². The van der Waals surface area contributed by atoms with Crippen molar-refractivity contribution in [3.8, 4) is 0 Å². The molecule has 0 aromatic heterocycles. The maximum atomic E-state index is 11.0. The first-order chi connectivity index (χ1) is 8.54. The zero-order valence-corrected chi connectivity index (χ0v) is 11.6. The fraction of sp³-hybridized carbons (Fsp3) is 0.462. The highest BCUT2D eigenvalue weighted by atomic mass is 32.2. The average molecular weight is 268 g/mol. The summed E-state index contributed by atoms with van der Waals surface area (Å²) in [6.07, 6.45) is 1.05. The Morgan fingerprint density at radius 2 is 2.28 bits per heavy atom. The van der Waals surface area contributed by atoms with Gasteiger partial charge in [-0.25, -0.2) is 4.79 Å². The maximum Gasteiger partial charge on any atom is 0.337 e. The second-order valence-electron chi connectivity index (χ2n) is 4.14. The van der Waals surface area contributed by atoms with Crippen molar-refractivity contribution in [2.75, 3.05) is 22.6 Å². The van der Waals surface area contributed by atoms with Crippen molar-refractivity contribution >= 4 is 29.1 Å². The fourth-order valence-electron chi connectivity index (χ4n) is 1.59. The van der Waals surface area contributed by atoms with Crippen LogP contribution in [-0.4, -0.2) is 28.6 Å². The first-order valence-electron chi connectivity index (χ1n) is 6.01. The Morgan fingerprint density at radius 1 is 1.56 bits per heavy atom. The second kappa shape index (κ2) is 7.16. The van der Waals surface area contributed by atoms with Gasteiger partial charge in [0.1, 0.15) is 0 Å². The number of anilines is 2. The van der Waals surface area contributed by atoms with Crippen LogP contribution in [0.25, 0.3) is 0 Å². The molecule has 4 N–H and O–H groups in total. The van der Waals surface area contributed by atoms with E-state index in [9.17, 15) is 4.79 Å². The summed E-state index contributed by atoms with van der Waals surface area (Å²) in [5, 5.41) is 12.3. The maximum absolute atomic E-state index is 11.0. The molecule has 0 aliphatic rings. The van der Waals surface area contributed by atoms with E-state index in [1.807, 2.05) is 17.8 Å².